The Morgan fingerprint density at radius 1 is 1.28 bits per heavy atom. The lowest BCUT2D eigenvalue weighted by Gasteiger charge is -2.01. The van der Waals surface area contributed by atoms with Gasteiger partial charge in [0.25, 0.3) is 0 Å². The van der Waals surface area contributed by atoms with Crippen molar-refractivity contribution in [3.05, 3.63) is 41.7 Å². The zero-order valence-electron chi connectivity index (χ0n) is 10.2. The number of ether oxygens (including phenoxy) is 1. The predicted molar refractivity (Wildman–Crippen MR) is 69.7 cm³/mol. The molecular formula is C14H12N2O2. The van der Waals surface area contributed by atoms with Crippen molar-refractivity contribution in [2.45, 2.75) is 6.92 Å². The highest BCUT2D eigenvalue weighted by Crippen LogP contribution is 2.27. The van der Waals surface area contributed by atoms with Crippen molar-refractivity contribution in [3.8, 4) is 0 Å². The number of nitrogens with zero attached hydrogens (tertiary/aromatic N) is 1. The second-order valence-electron chi connectivity index (χ2n) is 4.18. The summed E-state index contributed by atoms with van der Waals surface area (Å²) in [4.78, 5) is 19.1. The van der Waals surface area contributed by atoms with Gasteiger partial charge in [0.15, 0.2) is 5.69 Å². The first-order valence-electron chi connectivity index (χ1n) is 5.67. The summed E-state index contributed by atoms with van der Waals surface area (Å²) in [5, 5.41) is 2.17. The third-order valence-electron chi connectivity index (χ3n) is 3.06. The van der Waals surface area contributed by atoms with Crippen molar-refractivity contribution in [2.75, 3.05) is 7.11 Å². The van der Waals surface area contributed by atoms with Crippen molar-refractivity contribution in [1.82, 2.24) is 9.97 Å². The third kappa shape index (κ3) is 1.46. The number of para-hydroxylation sites is 1. The number of pyridine rings is 1. The highest BCUT2D eigenvalue weighted by atomic mass is 16.5. The molecule has 0 saturated carbocycles. The highest BCUT2D eigenvalue weighted by molar-refractivity contribution is 6.09. The van der Waals surface area contributed by atoms with Crippen LogP contribution in [0.5, 0.6) is 0 Å². The molecule has 0 aliphatic heterocycles. The Kier molecular flexibility index (Phi) is 2.30. The van der Waals surface area contributed by atoms with Crippen LogP contribution in [0, 0.1) is 6.92 Å². The van der Waals surface area contributed by atoms with Crippen LogP contribution in [0.2, 0.25) is 0 Å². The molecule has 1 aromatic carbocycles. The largest absolute Gasteiger partial charge is 0.464 e. The van der Waals surface area contributed by atoms with Gasteiger partial charge in [-0.15, -0.1) is 0 Å². The van der Waals surface area contributed by atoms with Crippen molar-refractivity contribution >= 4 is 27.8 Å². The van der Waals surface area contributed by atoms with E-state index in [4.69, 9.17) is 4.74 Å². The standard InChI is InChI=1S/C14H12N2O2/c1-8-13-9-5-3-4-6-10(9)16-11(13)7-12(15-8)14(17)18-2/h3-7,16H,1-2H3. The van der Waals surface area contributed by atoms with Crippen LogP contribution in [0.4, 0.5) is 0 Å². The van der Waals surface area contributed by atoms with Gasteiger partial charge in [-0.3, -0.25) is 0 Å². The molecule has 0 spiro atoms. The first-order chi connectivity index (χ1) is 8.70. The van der Waals surface area contributed by atoms with Gasteiger partial charge in [-0.25, -0.2) is 9.78 Å². The van der Waals surface area contributed by atoms with Gasteiger partial charge < -0.3 is 9.72 Å². The molecule has 18 heavy (non-hydrogen) atoms. The van der Waals surface area contributed by atoms with Crippen LogP contribution in [0.25, 0.3) is 21.8 Å². The first kappa shape index (κ1) is 10.8. The smallest absolute Gasteiger partial charge is 0.356 e. The highest BCUT2D eigenvalue weighted by Gasteiger charge is 2.13. The Bertz CT molecular complexity index is 759. The summed E-state index contributed by atoms with van der Waals surface area (Å²) in [6.07, 6.45) is 0. The number of rotatable bonds is 1. The Labute approximate surface area is 104 Å². The number of esters is 1. The molecule has 0 aliphatic rings. The summed E-state index contributed by atoms with van der Waals surface area (Å²) in [6, 6.07) is 9.74. The molecule has 0 atom stereocenters. The maximum absolute atomic E-state index is 11.5. The van der Waals surface area contributed by atoms with Crippen molar-refractivity contribution < 1.29 is 9.53 Å². The van der Waals surface area contributed by atoms with Crippen molar-refractivity contribution in [3.63, 3.8) is 0 Å². The number of H-pyrrole nitrogens is 1. The van der Waals surface area contributed by atoms with E-state index < -0.39 is 5.97 Å². The van der Waals surface area contributed by atoms with Crippen LogP contribution >= 0.6 is 0 Å². The fourth-order valence-electron chi connectivity index (χ4n) is 2.28. The maximum atomic E-state index is 11.5. The van der Waals surface area contributed by atoms with E-state index in [1.165, 1.54) is 7.11 Å². The van der Waals surface area contributed by atoms with E-state index in [0.717, 1.165) is 27.5 Å². The number of carbonyl (C=O) groups excluding carboxylic acids is 1. The van der Waals surface area contributed by atoms with E-state index in [0.29, 0.717) is 5.69 Å². The van der Waals surface area contributed by atoms with Crippen molar-refractivity contribution in [1.29, 1.82) is 0 Å². The lowest BCUT2D eigenvalue weighted by Crippen LogP contribution is -2.05. The summed E-state index contributed by atoms with van der Waals surface area (Å²) in [7, 11) is 1.36. The van der Waals surface area contributed by atoms with Crippen LogP contribution in [-0.2, 0) is 4.74 Å². The maximum Gasteiger partial charge on any atom is 0.356 e. The molecule has 90 valence electrons. The van der Waals surface area contributed by atoms with E-state index in [1.54, 1.807) is 6.07 Å². The van der Waals surface area contributed by atoms with E-state index in [1.807, 2.05) is 31.2 Å². The SMILES string of the molecule is COC(=O)c1cc2[nH]c3ccccc3c2c(C)n1. The minimum Gasteiger partial charge on any atom is -0.464 e. The summed E-state index contributed by atoms with van der Waals surface area (Å²) >= 11 is 0. The van der Waals surface area contributed by atoms with Gasteiger partial charge in [-0.2, -0.15) is 0 Å². The summed E-state index contributed by atoms with van der Waals surface area (Å²) in [5.74, 6) is -0.418. The summed E-state index contributed by atoms with van der Waals surface area (Å²) < 4.78 is 4.70. The molecule has 0 aliphatic carbocycles. The first-order valence-corrected chi connectivity index (χ1v) is 5.67. The number of nitrogens with one attached hydrogen (secondary N) is 1. The number of aromatic amines is 1. The monoisotopic (exact) mass is 240 g/mol. The van der Waals surface area contributed by atoms with Crippen LogP contribution < -0.4 is 0 Å². The quantitative estimate of drug-likeness (QED) is 0.665. The second kappa shape index (κ2) is 3.84. The van der Waals surface area contributed by atoms with Crippen LogP contribution in [-0.4, -0.2) is 23.0 Å². The topological polar surface area (TPSA) is 55.0 Å². The van der Waals surface area contributed by atoms with Gasteiger partial charge in [0, 0.05) is 22.0 Å². The molecule has 0 saturated heterocycles. The number of hydrogen-bond acceptors (Lipinski definition) is 3. The fraction of sp³-hybridized carbons (Fsp3) is 0.143. The van der Waals surface area contributed by atoms with Gasteiger partial charge in [-0.05, 0) is 19.1 Å². The Balaban J connectivity index is 2.38. The van der Waals surface area contributed by atoms with E-state index >= 15 is 0 Å². The Hall–Kier alpha value is -2.36. The minimum absolute atomic E-state index is 0.328. The predicted octanol–water partition coefficient (Wildman–Crippen LogP) is 2.81. The van der Waals surface area contributed by atoms with Crippen LogP contribution in [0.1, 0.15) is 16.2 Å². The Morgan fingerprint density at radius 3 is 2.83 bits per heavy atom. The lowest BCUT2D eigenvalue weighted by molar-refractivity contribution is 0.0594. The summed E-state index contributed by atoms with van der Waals surface area (Å²) in [5.41, 5.74) is 3.10. The zero-order valence-corrected chi connectivity index (χ0v) is 10.2. The molecule has 4 heteroatoms. The number of fused-ring (bicyclic) bond motifs is 3. The molecular weight excluding hydrogens is 228 g/mol. The van der Waals surface area contributed by atoms with E-state index in [-0.39, 0.29) is 0 Å². The molecule has 3 aromatic rings. The number of methoxy groups -OCH3 is 1. The molecule has 4 nitrogen and oxygen atoms in total. The molecule has 0 radical (unpaired) electrons. The van der Waals surface area contributed by atoms with E-state index in [9.17, 15) is 4.79 Å². The number of aromatic nitrogens is 2. The average Bonchev–Trinajstić information content (AvgIpc) is 2.76. The van der Waals surface area contributed by atoms with Gasteiger partial charge >= 0.3 is 5.97 Å². The van der Waals surface area contributed by atoms with Gasteiger partial charge in [0.2, 0.25) is 0 Å². The number of hydrogen-bond donors (Lipinski definition) is 1. The normalized spacial score (nSPS) is 11.0. The molecule has 3 rings (SSSR count). The number of aryl methyl sites for hydroxylation is 1. The van der Waals surface area contributed by atoms with Gasteiger partial charge in [0.1, 0.15) is 0 Å². The lowest BCUT2D eigenvalue weighted by atomic mass is 10.1. The molecule has 0 amide bonds. The fourth-order valence-corrected chi connectivity index (χ4v) is 2.28. The van der Waals surface area contributed by atoms with Gasteiger partial charge in [-0.1, -0.05) is 18.2 Å². The number of carbonyl (C=O) groups is 1. The molecule has 2 heterocycles. The molecule has 0 fully saturated rings. The molecule has 2 aromatic heterocycles. The minimum atomic E-state index is -0.418. The van der Waals surface area contributed by atoms with Crippen LogP contribution in [0.3, 0.4) is 0 Å². The van der Waals surface area contributed by atoms with Crippen molar-refractivity contribution in [2.24, 2.45) is 0 Å². The average molecular weight is 240 g/mol. The molecule has 1 N–H and O–H groups in total. The number of benzene rings is 1. The second-order valence-corrected chi connectivity index (χ2v) is 4.18. The summed E-state index contributed by atoms with van der Waals surface area (Å²) in [6.45, 7) is 1.90. The van der Waals surface area contributed by atoms with Crippen LogP contribution in [0.15, 0.2) is 30.3 Å². The molecule has 0 unspecified atom stereocenters. The Morgan fingerprint density at radius 2 is 2.06 bits per heavy atom. The third-order valence-corrected chi connectivity index (χ3v) is 3.06. The zero-order chi connectivity index (χ0) is 12.7. The molecule has 0 bridgehead atoms. The van der Waals surface area contributed by atoms with E-state index in [2.05, 4.69) is 9.97 Å². The van der Waals surface area contributed by atoms with Gasteiger partial charge in [0.05, 0.1) is 12.6 Å².